The van der Waals surface area contributed by atoms with E-state index in [-0.39, 0.29) is 6.17 Å². The number of rotatable bonds is 19. The van der Waals surface area contributed by atoms with Crippen LogP contribution in [0.15, 0.2) is 0 Å². The van der Waals surface area contributed by atoms with E-state index in [0.29, 0.717) is 0 Å². The normalized spacial score (nSPS) is 14.0. The van der Waals surface area contributed by atoms with Crippen LogP contribution in [0.2, 0.25) is 12.1 Å². The van der Waals surface area contributed by atoms with E-state index < -0.39 is 17.6 Å². The van der Waals surface area contributed by atoms with E-state index in [1.54, 1.807) is 42.7 Å². The van der Waals surface area contributed by atoms with Crippen molar-refractivity contribution in [3.63, 3.8) is 0 Å². The van der Waals surface area contributed by atoms with Crippen molar-refractivity contribution >= 4 is 17.6 Å². The maximum atomic E-state index is 6.51. The first kappa shape index (κ1) is 28.1. The second kappa shape index (κ2) is 15.9. The van der Waals surface area contributed by atoms with Gasteiger partial charge in [0, 0.05) is 54.7 Å². The highest BCUT2D eigenvalue weighted by Gasteiger charge is 2.38. The molecule has 0 rings (SSSR count). The molecular formula is C18H44N2O6Si2. The third-order valence-corrected chi connectivity index (χ3v) is 11.0. The summed E-state index contributed by atoms with van der Waals surface area (Å²) in [5.41, 5.74) is 6.51. The molecule has 0 aromatic rings. The van der Waals surface area contributed by atoms with Crippen LogP contribution in [0.25, 0.3) is 0 Å². The molecule has 1 atom stereocenters. The van der Waals surface area contributed by atoms with E-state index in [2.05, 4.69) is 11.8 Å². The lowest BCUT2D eigenvalue weighted by Gasteiger charge is -2.31. The average Bonchev–Trinajstić information content (AvgIpc) is 2.74. The van der Waals surface area contributed by atoms with Crippen molar-refractivity contribution < 1.29 is 26.6 Å². The Morgan fingerprint density at radius 1 is 0.679 bits per heavy atom. The summed E-state index contributed by atoms with van der Waals surface area (Å²) in [6.45, 7) is 3.96. The molecule has 0 aliphatic heterocycles. The van der Waals surface area contributed by atoms with Gasteiger partial charge in [-0.25, -0.2) is 0 Å². The highest BCUT2D eigenvalue weighted by Crippen LogP contribution is 2.19. The van der Waals surface area contributed by atoms with Gasteiger partial charge in [-0.3, -0.25) is 4.90 Å². The van der Waals surface area contributed by atoms with Crippen LogP contribution < -0.4 is 5.73 Å². The van der Waals surface area contributed by atoms with Gasteiger partial charge in [-0.2, -0.15) is 0 Å². The monoisotopic (exact) mass is 440 g/mol. The van der Waals surface area contributed by atoms with E-state index in [0.717, 1.165) is 50.9 Å². The summed E-state index contributed by atoms with van der Waals surface area (Å²) in [6.07, 6.45) is 6.40. The van der Waals surface area contributed by atoms with Crippen LogP contribution in [0.4, 0.5) is 0 Å². The van der Waals surface area contributed by atoms with E-state index >= 15 is 0 Å². The van der Waals surface area contributed by atoms with Crippen LogP contribution >= 0.6 is 0 Å². The van der Waals surface area contributed by atoms with Crippen molar-refractivity contribution in [2.24, 2.45) is 5.73 Å². The highest BCUT2D eigenvalue weighted by atomic mass is 28.4. The Hall–Kier alpha value is 0.114. The van der Waals surface area contributed by atoms with E-state index in [1.165, 1.54) is 12.8 Å². The summed E-state index contributed by atoms with van der Waals surface area (Å²) >= 11 is 0. The van der Waals surface area contributed by atoms with Crippen molar-refractivity contribution in [1.29, 1.82) is 0 Å². The second-order valence-corrected chi connectivity index (χ2v) is 13.1. The maximum Gasteiger partial charge on any atom is 0.500 e. The molecule has 170 valence electrons. The Labute approximate surface area is 174 Å². The minimum absolute atomic E-state index is 0.0407. The molecule has 2 N–H and O–H groups in total. The second-order valence-electron chi connectivity index (χ2n) is 6.90. The van der Waals surface area contributed by atoms with Crippen LogP contribution in [-0.2, 0) is 26.6 Å². The fraction of sp³-hybridized carbons (Fsp3) is 1.00. The van der Waals surface area contributed by atoms with Crippen LogP contribution in [0.1, 0.15) is 45.4 Å². The topological polar surface area (TPSA) is 84.6 Å². The van der Waals surface area contributed by atoms with Gasteiger partial charge in [0.25, 0.3) is 0 Å². The molecule has 0 bridgehead atoms. The van der Waals surface area contributed by atoms with Gasteiger partial charge >= 0.3 is 17.6 Å². The zero-order valence-electron chi connectivity index (χ0n) is 19.1. The summed E-state index contributed by atoms with van der Waals surface area (Å²) in [7, 11) is 4.81. The van der Waals surface area contributed by atoms with Gasteiger partial charge in [0.05, 0.1) is 6.17 Å². The molecule has 0 aromatic heterocycles. The smallest absolute Gasteiger partial charge is 0.377 e. The van der Waals surface area contributed by atoms with E-state index in [1.807, 2.05) is 0 Å². The van der Waals surface area contributed by atoms with Crippen molar-refractivity contribution in [2.45, 2.75) is 63.7 Å². The van der Waals surface area contributed by atoms with Crippen LogP contribution in [0, 0.1) is 0 Å². The quantitative estimate of drug-likeness (QED) is 0.186. The van der Waals surface area contributed by atoms with Crippen LogP contribution in [0.3, 0.4) is 0 Å². The number of nitrogens with zero attached hydrogens (tertiary/aromatic N) is 1. The summed E-state index contributed by atoms with van der Waals surface area (Å²) < 4.78 is 33.2. The molecule has 0 radical (unpaired) electrons. The fourth-order valence-electron chi connectivity index (χ4n) is 3.34. The standard InChI is InChI=1S/C18H44N2O6Si2/c1-8-9-10-13-18(19)20(14-11-16-27(21-2,22-3)23-4)15-12-17-28(24-5,25-6)26-7/h18H,8-17,19H2,1-7H3. The van der Waals surface area contributed by atoms with Gasteiger partial charge in [0.1, 0.15) is 0 Å². The maximum absolute atomic E-state index is 6.51. The molecule has 28 heavy (non-hydrogen) atoms. The first-order chi connectivity index (χ1) is 13.4. The van der Waals surface area contributed by atoms with Gasteiger partial charge in [-0.05, 0) is 32.4 Å². The average molecular weight is 441 g/mol. The molecule has 0 aliphatic carbocycles. The lowest BCUT2D eigenvalue weighted by atomic mass is 10.1. The SMILES string of the molecule is CCCCCC(N)N(CCC[Si](OC)(OC)OC)CCC[Si](OC)(OC)OC. The number of hydrogen-bond donors (Lipinski definition) is 1. The van der Waals surface area contributed by atoms with Crippen molar-refractivity contribution in [3.8, 4) is 0 Å². The zero-order chi connectivity index (χ0) is 21.5. The number of nitrogens with two attached hydrogens (primary N) is 1. The fourth-order valence-corrected chi connectivity index (χ4v) is 6.75. The third-order valence-electron chi connectivity index (χ3n) is 5.30. The molecular weight excluding hydrogens is 396 g/mol. The Balaban J connectivity index is 4.77. The van der Waals surface area contributed by atoms with Crippen LogP contribution in [-0.4, -0.2) is 84.4 Å². The van der Waals surface area contributed by atoms with Gasteiger partial charge < -0.3 is 32.3 Å². The number of hydrogen-bond acceptors (Lipinski definition) is 8. The van der Waals surface area contributed by atoms with Crippen molar-refractivity contribution in [2.75, 3.05) is 55.7 Å². The molecule has 0 fully saturated rings. The largest absolute Gasteiger partial charge is 0.500 e. The first-order valence-corrected chi connectivity index (χ1v) is 14.1. The van der Waals surface area contributed by atoms with Gasteiger partial charge in [0.2, 0.25) is 0 Å². The summed E-state index contributed by atoms with van der Waals surface area (Å²) in [6, 6.07) is 1.53. The minimum Gasteiger partial charge on any atom is -0.377 e. The zero-order valence-corrected chi connectivity index (χ0v) is 21.1. The Bertz CT molecular complexity index is 331. The minimum atomic E-state index is -2.55. The lowest BCUT2D eigenvalue weighted by molar-refractivity contribution is 0.115. The summed E-state index contributed by atoms with van der Waals surface area (Å²) in [5, 5.41) is 0. The molecule has 0 heterocycles. The first-order valence-electron chi connectivity index (χ1n) is 10.2. The molecule has 0 saturated carbocycles. The Kier molecular flexibility index (Phi) is 16.0. The molecule has 0 amide bonds. The predicted molar refractivity (Wildman–Crippen MR) is 116 cm³/mol. The van der Waals surface area contributed by atoms with Crippen LogP contribution in [0.5, 0.6) is 0 Å². The molecule has 0 aromatic carbocycles. The van der Waals surface area contributed by atoms with Gasteiger partial charge in [-0.1, -0.05) is 26.2 Å². The molecule has 0 spiro atoms. The van der Waals surface area contributed by atoms with E-state index in [9.17, 15) is 0 Å². The Morgan fingerprint density at radius 3 is 1.39 bits per heavy atom. The molecule has 0 saturated heterocycles. The van der Waals surface area contributed by atoms with Gasteiger partial charge in [0.15, 0.2) is 0 Å². The van der Waals surface area contributed by atoms with Crippen molar-refractivity contribution in [3.05, 3.63) is 0 Å². The highest BCUT2D eigenvalue weighted by molar-refractivity contribution is 6.60. The van der Waals surface area contributed by atoms with E-state index in [4.69, 9.17) is 32.3 Å². The predicted octanol–water partition coefficient (Wildman–Crippen LogP) is 2.69. The third kappa shape index (κ3) is 9.74. The molecule has 10 heteroatoms. The molecule has 1 unspecified atom stereocenters. The lowest BCUT2D eigenvalue weighted by Crippen LogP contribution is -2.47. The number of unbranched alkanes of at least 4 members (excludes halogenated alkanes) is 2. The van der Waals surface area contributed by atoms with Crippen molar-refractivity contribution in [1.82, 2.24) is 4.90 Å². The summed E-state index contributed by atoms with van der Waals surface area (Å²) in [5.74, 6) is 0. The molecule has 8 nitrogen and oxygen atoms in total. The Morgan fingerprint density at radius 2 is 1.07 bits per heavy atom. The van der Waals surface area contributed by atoms with Gasteiger partial charge in [-0.15, -0.1) is 0 Å². The summed E-state index contributed by atoms with van der Waals surface area (Å²) in [4.78, 5) is 2.34. The molecule has 0 aliphatic rings.